The molecule has 0 saturated heterocycles. The van der Waals surface area contributed by atoms with Gasteiger partial charge in [-0.05, 0) is 42.8 Å². The van der Waals surface area contributed by atoms with Crippen LogP contribution in [0.1, 0.15) is 11.1 Å². The minimum atomic E-state index is -0.531. The quantitative estimate of drug-likeness (QED) is 0.479. The largest absolute Gasteiger partial charge is 0.426 e. The van der Waals surface area contributed by atoms with Crippen molar-refractivity contribution in [3.63, 3.8) is 0 Å². The Bertz CT molecular complexity index is 649. The molecule has 2 rings (SSSR count). The van der Waals surface area contributed by atoms with Crippen LogP contribution in [0, 0.1) is 17.6 Å². The number of ether oxygens (including phenoxy) is 1. The zero-order valence-corrected chi connectivity index (χ0v) is 12.5. The van der Waals surface area contributed by atoms with Crippen LogP contribution in [0.3, 0.4) is 0 Å². The van der Waals surface area contributed by atoms with Gasteiger partial charge < -0.3 is 4.74 Å². The molecule has 0 N–H and O–H groups in total. The van der Waals surface area contributed by atoms with E-state index in [0.717, 1.165) is 22.9 Å². The highest BCUT2D eigenvalue weighted by molar-refractivity contribution is 8.04. The lowest BCUT2D eigenvalue weighted by Crippen LogP contribution is -2.25. The Morgan fingerprint density at radius 2 is 2.00 bits per heavy atom. The average Bonchev–Trinajstić information content (AvgIpc) is 2.48. The molecule has 0 spiro atoms. The van der Waals surface area contributed by atoms with E-state index in [1.165, 1.54) is 0 Å². The van der Waals surface area contributed by atoms with Crippen LogP contribution in [0.2, 0.25) is 0 Å². The van der Waals surface area contributed by atoms with E-state index in [9.17, 15) is 4.79 Å². The number of benzene rings is 2. The molecule has 2 aromatic rings. The molecular formula is C17H15NO2S. The second-order valence-electron chi connectivity index (χ2n) is 4.63. The number of hydrogen-bond donors (Lipinski definition) is 0. The number of thioether (sulfide) groups is 1. The number of nitrogens with zero attached hydrogens (tertiary/aromatic N) is 1. The van der Waals surface area contributed by atoms with Crippen molar-refractivity contribution in [2.45, 2.75) is 18.6 Å². The van der Waals surface area contributed by atoms with Gasteiger partial charge in [-0.15, -0.1) is 0 Å². The third kappa shape index (κ3) is 4.66. The van der Waals surface area contributed by atoms with Gasteiger partial charge in [0.05, 0.1) is 0 Å². The third-order valence-electron chi connectivity index (χ3n) is 2.92. The molecule has 1 unspecified atom stereocenters. The first-order chi connectivity index (χ1) is 10.2. The molecule has 0 aliphatic carbocycles. The van der Waals surface area contributed by atoms with Crippen molar-refractivity contribution in [1.29, 1.82) is 5.26 Å². The summed E-state index contributed by atoms with van der Waals surface area (Å²) in [6, 6.07) is 16.8. The Morgan fingerprint density at radius 3 is 2.67 bits per heavy atom. The van der Waals surface area contributed by atoms with Crippen molar-refractivity contribution in [1.82, 2.24) is 0 Å². The van der Waals surface area contributed by atoms with Crippen molar-refractivity contribution in [2.24, 2.45) is 0 Å². The number of hydrogen-bond acceptors (Lipinski definition) is 4. The molecule has 0 heterocycles. The molecule has 0 amide bonds. The predicted molar refractivity (Wildman–Crippen MR) is 84.0 cm³/mol. The number of nitriles is 1. The minimum absolute atomic E-state index is 0.394. The monoisotopic (exact) mass is 297 g/mol. The fourth-order valence-corrected chi connectivity index (χ4v) is 2.51. The first-order valence-corrected chi connectivity index (χ1v) is 7.44. The summed E-state index contributed by atoms with van der Waals surface area (Å²) >= 11 is 0.935. The fraction of sp³-hybridized carbons (Fsp3) is 0.176. The van der Waals surface area contributed by atoms with Crippen molar-refractivity contribution in [3.8, 4) is 11.2 Å². The zero-order valence-electron chi connectivity index (χ0n) is 11.7. The Labute approximate surface area is 128 Å². The molecule has 0 aromatic heterocycles. The van der Waals surface area contributed by atoms with Crippen LogP contribution in [-0.4, -0.2) is 11.2 Å². The van der Waals surface area contributed by atoms with Gasteiger partial charge in [0.1, 0.15) is 16.4 Å². The Morgan fingerprint density at radius 1 is 1.24 bits per heavy atom. The molecule has 0 fully saturated rings. The molecule has 0 bridgehead atoms. The summed E-state index contributed by atoms with van der Waals surface area (Å²) in [4.78, 5) is 12.2. The number of esters is 1. The van der Waals surface area contributed by atoms with Gasteiger partial charge in [0, 0.05) is 0 Å². The van der Waals surface area contributed by atoms with Crippen LogP contribution >= 0.6 is 11.8 Å². The van der Waals surface area contributed by atoms with Gasteiger partial charge in [0.15, 0.2) is 0 Å². The molecule has 1 atom stereocenters. The van der Waals surface area contributed by atoms with Gasteiger partial charge in [-0.25, -0.2) is 0 Å². The van der Waals surface area contributed by atoms with Crippen LogP contribution in [0.5, 0.6) is 5.75 Å². The molecule has 0 aliphatic heterocycles. The Balaban J connectivity index is 2.08. The van der Waals surface area contributed by atoms with E-state index in [1.54, 1.807) is 24.3 Å². The maximum Gasteiger partial charge on any atom is 0.325 e. The maximum absolute atomic E-state index is 12.2. The Hall–Kier alpha value is -2.25. The highest BCUT2D eigenvalue weighted by Gasteiger charge is 2.22. The number of carbonyl (C=O) groups excluding carboxylic acids is 1. The maximum atomic E-state index is 12.2. The molecule has 3 nitrogen and oxygen atoms in total. The van der Waals surface area contributed by atoms with E-state index in [4.69, 9.17) is 10.00 Å². The molecular weight excluding hydrogens is 282 g/mol. The van der Waals surface area contributed by atoms with Gasteiger partial charge in [0.2, 0.25) is 0 Å². The lowest BCUT2D eigenvalue weighted by atomic mass is 10.1. The second-order valence-corrected chi connectivity index (χ2v) is 5.61. The van der Waals surface area contributed by atoms with Crippen molar-refractivity contribution in [2.75, 3.05) is 0 Å². The van der Waals surface area contributed by atoms with Crippen molar-refractivity contribution >= 4 is 17.7 Å². The van der Waals surface area contributed by atoms with Crippen LogP contribution in [0.4, 0.5) is 0 Å². The fourth-order valence-electron chi connectivity index (χ4n) is 1.96. The number of para-hydroxylation sites is 1. The normalized spacial score (nSPS) is 11.4. The van der Waals surface area contributed by atoms with E-state index in [2.05, 4.69) is 0 Å². The molecule has 0 saturated carbocycles. The summed E-state index contributed by atoms with van der Waals surface area (Å²) in [5, 5.41) is 10.3. The summed E-state index contributed by atoms with van der Waals surface area (Å²) in [7, 11) is 0. The second kappa shape index (κ2) is 7.51. The number of thiocyanates is 1. The van der Waals surface area contributed by atoms with E-state index < -0.39 is 11.2 Å². The van der Waals surface area contributed by atoms with Gasteiger partial charge in [0.25, 0.3) is 0 Å². The zero-order chi connectivity index (χ0) is 15.1. The lowest BCUT2D eigenvalue weighted by molar-refractivity contribution is -0.133. The summed E-state index contributed by atoms with van der Waals surface area (Å²) in [6.07, 6.45) is 0.478. The van der Waals surface area contributed by atoms with Crippen LogP contribution in [0.25, 0.3) is 0 Å². The summed E-state index contributed by atoms with van der Waals surface area (Å²) < 4.78 is 5.32. The molecule has 0 aliphatic rings. The topological polar surface area (TPSA) is 50.1 Å². The first kappa shape index (κ1) is 15.1. The molecule has 0 radical (unpaired) electrons. The van der Waals surface area contributed by atoms with Gasteiger partial charge in [-0.1, -0.05) is 48.0 Å². The molecule has 106 valence electrons. The van der Waals surface area contributed by atoms with Gasteiger partial charge >= 0.3 is 5.97 Å². The summed E-state index contributed by atoms with van der Waals surface area (Å²) in [5.41, 5.74) is 2.15. The van der Waals surface area contributed by atoms with Crippen LogP contribution in [0.15, 0.2) is 54.6 Å². The lowest BCUT2D eigenvalue weighted by Gasteiger charge is -2.12. The number of carbonyl (C=O) groups is 1. The summed E-state index contributed by atoms with van der Waals surface area (Å²) in [5.74, 6) is 0.101. The molecule has 2 aromatic carbocycles. The van der Waals surface area contributed by atoms with Crippen LogP contribution < -0.4 is 4.74 Å². The SMILES string of the molecule is Cc1cccc(CC(SC#N)C(=O)Oc2ccccc2)c1. The highest BCUT2D eigenvalue weighted by Crippen LogP contribution is 2.19. The summed E-state index contributed by atoms with van der Waals surface area (Å²) in [6.45, 7) is 2.00. The van der Waals surface area contributed by atoms with E-state index in [0.29, 0.717) is 12.2 Å². The van der Waals surface area contributed by atoms with E-state index in [1.807, 2.05) is 42.7 Å². The molecule has 21 heavy (non-hydrogen) atoms. The minimum Gasteiger partial charge on any atom is -0.426 e. The highest BCUT2D eigenvalue weighted by atomic mass is 32.2. The smallest absolute Gasteiger partial charge is 0.325 e. The van der Waals surface area contributed by atoms with Gasteiger partial charge in [-0.3, -0.25) is 4.79 Å². The van der Waals surface area contributed by atoms with Crippen molar-refractivity contribution < 1.29 is 9.53 Å². The average molecular weight is 297 g/mol. The number of rotatable bonds is 5. The standard InChI is InChI=1S/C17H15NO2S/c1-13-6-5-7-14(10-13)11-16(21-12-18)17(19)20-15-8-3-2-4-9-15/h2-10,16H,11H2,1H3. The van der Waals surface area contributed by atoms with Gasteiger partial charge in [-0.2, -0.15) is 5.26 Å². The van der Waals surface area contributed by atoms with Crippen molar-refractivity contribution in [3.05, 3.63) is 65.7 Å². The molecule has 4 heteroatoms. The van der Waals surface area contributed by atoms with Crippen LogP contribution in [-0.2, 0) is 11.2 Å². The number of aryl methyl sites for hydroxylation is 1. The first-order valence-electron chi connectivity index (χ1n) is 6.56. The third-order valence-corrected chi connectivity index (χ3v) is 3.67. The van der Waals surface area contributed by atoms with E-state index in [-0.39, 0.29) is 0 Å². The Kier molecular flexibility index (Phi) is 5.42. The van der Waals surface area contributed by atoms with E-state index >= 15 is 0 Å². The predicted octanol–water partition coefficient (Wildman–Crippen LogP) is 3.73.